The first-order valence-electron chi connectivity index (χ1n) is 12.0. The first kappa shape index (κ1) is 28.6. The van der Waals surface area contributed by atoms with E-state index < -0.39 is 36.5 Å². The lowest BCUT2D eigenvalue weighted by atomic mass is 9.73. The summed E-state index contributed by atoms with van der Waals surface area (Å²) < 4.78 is 5.35. The molecule has 1 aromatic carbocycles. The average molecular weight is 519 g/mol. The average Bonchev–Trinajstić information content (AvgIpc) is 2.94. The van der Waals surface area contributed by atoms with Crippen LogP contribution in [0.1, 0.15) is 24.5 Å². The highest BCUT2D eigenvalue weighted by Crippen LogP contribution is 2.42. The Balaban J connectivity index is 0.000000251. The third kappa shape index (κ3) is 6.32. The number of rotatable bonds is 9. The highest BCUT2D eigenvalue weighted by Gasteiger charge is 2.42. The van der Waals surface area contributed by atoms with Gasteiger partial charge in [0.1, 0.15) is 24.1 Å². The maximum Gasteiger partial charge on any atom is 0.335 e. The summed E-state index contributed by atoms with van der Waals surface area (Å²) in [6, 6.07) is 7.96. The maximum absolute atomic E-state index is 11.2. The van der Waals surface area contributed by atoms with E-state index in [4.69, 9.17) is 30.3 Å². The molecule has 2 aromatic rings. The van der Waals surface area contributed by atoms with E-state index in [0.717, 1.165) is 41.7 Å². The number of fused-ring (bicyclic) bond motifs is 4. The van der Waals surface area contributed by atoms with Crippen LogP contribution in [0.25, 0.3) is 10.9 Å². The van der Waals surface area contributed by atoms with Crippen molar-refractivity contribution in [3.63, 3.8) is 0 Å². The van der Waals surface area contributed by atoms with Gasteiger partial charge in [-0.3, -0.25) is 9.88 Å². The molecule has 9 atom stereocenters. The Hall–Kier alpha value is -2.93. The highest BCUT2D eigenvalue weighted by atomic mass is 16.5. The molecular formula is C26H34N2O9. The number of carbonyl (C=O) groups is 2. The lowest BCUT2D eigenvalue weighted by molar-refractivity contribution is -0.163. The molecule has 3 aliphatic rings. The topological polar surface area (TPSA) is 181 Å². The third-order valence-corrected chi connectivity index (χ3v) is 7.24. The van der Waals surface area contributed by atoms with Gasteiger partial charge in [0, 0.05) is 24.2 Å². The van der Waals surface area contributed by atoms with Crippen molar-refractivity contribution in [3.05, 3.63) is 48.7 Å². The SMILES string of the molecule is C=CC1CN2CCC1CC2C(O)c1ccnc2ccc(OC)cc12.O=C[C@H](O)[C@@H](O)[C@@H](O)[C@H](O)C(=O)O. The van der Waals surface area contributed by atoms with E-state index in [9.17, 15) is 14.7 Å². The van der Waals surface area contributed by atoms with Gasteiger partial charge in [0.15, 0.2) is 12.4 Å². The van der Waals surface area contributed by atoms with Crippen LogP contribution in [0.5, 0.6) is 5.75 Å². The number of carboxylic acids is 1. The third-order valence-electron chi connectivity index (χ3n) is 7.24. The zero-order valence-corrected chi connectivity index (χ0v) is 20.5. The lowest BCUT2D eigenvalue weighted by Gasteiger charge is -2.50. The van der Waals surface area contributed by atoms with Crippen molar-refractivity contribution >= 4 is 23.2 Å². The molecule has 0 aliphatic carbocycles. The Kier molecular flexibility index (Phi) is 9.71. The van der Waals surface area contributed by atoms with Gasteiger partial charge in [-0.15, -0.1) is 6.58 Å². The number of pyridine rings is 1. The number of piperidine rings is 3. The predicted octanol–water partition coefficient (Wildman–Crippen LogP) is -0.113. The highest BCUT2D eigenvalue weighted by molar-refractivity contribution is 5.84. The van der Waals surface area contributed by atoms with E-state index >= 15 is 0 Å². The van der Waals surface area contributed by atoms with Gasteiger partial charge in [0.25, 0.3) is 0 Å². The zero-order chi connectivity index (χ0) is 27.3. The van der Waals surface area contributed by atoms with Crippen LogP contribution in [0.3, 0.4) is 0 Å². The fraction of sp³-hybridized carbons (Fsp3) is 0.500. The second-order valence-electron chi connectivity index (χ2n) is 9.37. The Morgan fingerprint density at radius 2 is 1.92 bits per heavy atom. The normalized spacial score (nSPS) is 26.6. The van der Waals surface area contributed by atoms with E-state index in [0.29, 0.717) is 11.8 Å². The molecule has 4 heterocycles. The molecule has 3 aliphatic heterocycles. The smallest absolute Gasteiger partial charge is 0.335 e. The molecule has 3 saturated heterocycles. The Morgan fingerprint density at radius 3 is 2.49 bits per heavy atom. The van der Waals surface area contributed by atoms with Gasteiger partial charge in [0.2, 0.25) is 0 Å². The van der Waals surface area contributed by atoms with Crippen molar-refractivity contribution in [2.75, 3.05) is 20.2 Å². The van der Waals surface area contributed by atoms with Gasteiger partial charge >= 0.3 is 5.97 Å². The van der Waals surface area contributed by atoms with Crippen LogP contribution in [0.4, 0.5) is 0 Å². The molecule has 11 nitrogen and oxygen atoms in total. The van der Waals surface area contributed by atoms with Crippen LogP contribution >= 0.6 is 0 Å². The number of aliphatic hydroxyl groups excluding tert-OH is 5. The molecule has 11 heteroatoms. The number of nitrogens with zero attached hydrogens (tertiary/aromatic N) is 2. The minimum atomic E-state index is -2.25. The summed E-state index contributed by atoms with van der Waals surface area (Å²) in [5.41, 5.74) is 1.85. The second-order valence-corrected chi connectivity index (χ2v) is 9.37. The number of aliphatic hydroxyl groups is 5. The fourth-order valence-corrected chi connectivity index (χ4v) is 5.06. The van der Waals surface area contributed by atoms with E-state index in [2.05, 4.69) is 22.5 Å². The number of methoxy groups -OCH3 is 1. The molecule has 3 fully saturated rings. The van der Waals surface area contributed by atoms with Crippen molar-refractivity contribution < 1.29 is 45.0 Å². The Morgan fingerprint density at radius 1 is 1.19 bits per heavy atom. The van der Waals surface area contributed by atoms with Gasteiger partial charge in [-0.1, -0.05) is 6.08 Å². The number of carboxylic acid groups (broad SMARTS) is 1. The molecule has 202 valence electrons. The number of carbonyl (C=O) groups excluding carboxylic acids is 1. The minimum Gasteiger partial charge on any atom is -0.497 e. The molecule has 0 spiro atoms. The molecule has 2 bridgehead atoms. The van der Waals surface area contributed by atoms with Crippen molar-refractivity contribution in [2.45, 2.75) is 49.4 Å². The Labute approximate surface area is 214 Å². The number of hydrogen-bond donors (Lipinski definition) is 6. The van der Waals surface area contributed by atoms with Gasteiger partial charge in [-0.2, -0.15) is 0 Å². The Bertz CT molecular complexity index is 1100. The van der Waals surface area contributed by atoms with Crippen molar-refractivity contribution in [2.24, 2.45) is 11.8 Å². The molecule has 0 amide bonds. The summed E-state index contributed by atoms with van der Waals surface area (Å²) in [6.45, 7) is 6.07. The largest absolute Gasteiger partial charge is 0.497 e. The van der Waals surface area contributed by atoms with Crippen molar-refractivity contribution in [1.82, 2.24) is 9.88 Å². The van der Waals surface area contributed by atoms with E-state index in [1.165, 1.54) is 6.42 Å². The molecule has 1 aromatic heterocycles. The number of hydrogen-bond acceptors (Lipinski definition) is 10. The summed E-state index contributed by atoms with van der Waals surface area (Å²) in [4.78, 5) is 26.8. The standard InChI is InChI=1S/C20H24N2O2.C6H10O7/c1-3-13-12-22-9-7-14(13)10-19(22)20(23)16-6-8-21-18-5-4-15(24-2)11-17(16)18;7-1-2(8)3(9)4(10)5(11)6(12)13/h3-6,8,11,13-14,19-20,23H,1,7,9-10,12H2,2H3;1-5,8-11H,(H,12,13)/t;2-,3+,4+,5-/m.0/s1. The summed E-state index contributed by atoms with van der Waals surface area (Å²) >= 11 is 0. The molecule has 5 rings (SSSR count). The monoisotopic (exact) mass is 518 g/mol. The second kappa shape index (κ2) is 12.5. The van der Waals surface area contributed by atoms with Gasteiger partial charge in [-0.05, 0) is 61.1 Å². The minimum absolute atomic E-state index is 0.0809. The number of aliphatic carboxylic acids is 1. The lowest BCUT2D eigenvalue weighted by Crippen LogP contribution is -2.54. The number of benzene rings is 1. The van der Waals surface area contributed by atoms with Gasteiger partial charge < -0.3 is 40.2 Å². The van der Waals surface area contributed by atoms with Crippen LogP contribution in [0, 0.1) is 11.8 Å². The van der Waals surface area contributed by atoms with Crippen LogP contribution in [0.2, 0.25) is 0 Å². The zero-order valence-electron chi connectivity index (χ0n) is 20.5. The van der Waals surface area contributed by atoms with Crippen LogP contribution in [-0.2, 0) is 9.59 Å². The molecule has 0 radical (unpaired) electrons. The van der Waals surface area contributed by atoms with Crippen LogP contribution in [0.15, 0.2) is 43.1 Å². The van der Waals surface area contributed by atoms with E-state index in [1.54, 1.807) is 13.3 Å². The molecule has 5 unspecified atom stereocenters. The number of aldehydes is 1. The quantitative estimate of drug-likeness (QED) is 0.192. The summed E-state index contributed by atoms with van der Waals surface area (Å²) in [6.07, 6.45) is -2.77. The number of ether oxygens (including phenoxy) is 1. The van der Waals surface area contributed by atoms with E-state index in [1.807, 2.05) is 24.3 Å². The van der Waals surface area contributed by atoms with Crippen molar-refractivity contribution in [3.8, 4) is 5.75 Å². The van der Waals surface area contributed by atoms with Crippen LogP contribution < -0.4 is 4.74 Å². The molecule has 6 N–H and O–H groups in total. The molecule has 0 saturated carbocycles. The summed E-state index contributed by atoms with van der Waals surface area (Å²) in [5, 5.41) is 55.3. The first-order chi connectivity index (χ1) is 17.6. The summed E-state index contributed by atoms with van der Waals surface area (Å²) in [7, 11) is 1.66. The number of aromatic nitrogens is 1. The van der Waals surface area contributed by atoms with Crippen molar-refractivity contribution in [1.29, 1.82) is 0 Å². The van der Waals surface area contributed by atoms with Crippen LogP contribution in [-0.4, -0.2) is 103 Å². The summed E-state index contributed by atoms with van der Waals surface area (Å²) in [5.74, 6) is 0.247. The first-order valence-corrected chi connectivity index (χ1v) is 12.0. The maximum atomic E-state index is 11.2. The van der Waals surface area contributed by atoms with Gasteiger partial charge in [-0.25, -0.2) is 4.79 Å². The van der Waals surface area contributed by atoms with Gasteiger partial charge in [0.05, 0.1) is 18.7 Å². The predicted molar refractivity (Wildman–Crippen MR) is 133 cm³/mol. The van der Waals surface area contributed by atoms with E-state index in [-0.39, 0.29) is 12.3 Å². The molecular weight excluding hydrogens is 484 g/mol. The fourth-order valence-electron chi connectivity index (χ4n) is 5.06. The molecule has 37 heavy (non-hydrogen) atoms.